The zero-order valence-corrected chi connectivity index (χ0v) is 14.3. The lowest BCUT2D eigenvalue weighted by molar-refractivity contribution is -0.132. The van der Waals surface area contributed by atoms with Gasteiger partial charge in [-0.25, -0.2) is 0 Å². The number of hydrogen-bond acceptors (Lipinski definition) is 3. The summed E-state index contributed by atoms with van der Waals surface area (Å²) in [5.41, 5.74) is 1.82. The predicted molar refractivity (Wildman–Crippen MR) is 95.0 cm³/mol. The van der Waals surface area contributed by atoms with Crippen molar-refractivity contribution in [1.29, 1.82) is 0 Å². The van der Waals surface area contributed by atoms with Crippen molar-refractivity contribution >= 4 is 11.8 Å². The lowest BCUT2D eigenvalue weighted by atomic mass is 10.0. The number of nitrogens with zero attached hydrogens (tertiary/aromatic N) is 2. The van der Waals surface area contributed by atoms with Crippen molar-refractivity contribution in [3.8, 4) is 0 Å². The number of carbonyl (C=O) groups excluding carboxylic acids is 2. The minimum Gasteiger partial charge on any atom is -0.349 e. The summed E-state index contributed by atoms with van der Waals surface area (Å²) in [6.07, 6.45) is 7.55. The van der Waals surface area contributed by atoms with E-state index in [-0.39, 0.29) is 17.9 Å². The van der Waals surface area contributed by atoms with Gasteiger partial charge in [0.05, 0.1) is 6.20 Å². The van der Waals surface area contributed by atoms with Crippen molar-refractivity contribution < 1.29 is 9.59 Å². The maximum atomic E-state index is 12.3. The molecule has 0 unspecified atom stereocenters. The Labute approximate surface area is 147 Å². The summed E-state index contributed by atoms with van der Waals surface area (Å²) >= 11 is 0. The number of aromatic nitrogens is 2. The molecule has 1 aromatic carbocycles. The highest BCUT2D eigenvalue weighted by Gasteiger charge is 2.23. The van der Waals surface area contributed by atoms with E-state index in [4.69, 9.17) is 0 Å². The molecule has 6 heteroatoms. The van der Waals surface area contributed by atoms with E-state index >= 15 is 0 Å². The van der Waals surface area contributed by atoms with Gasteiger partial charge in [-0.05, 0) is 43.4 Å². The molecule has 2 N–H and O–H groups in total. The normalized spacial score (nSPS) is 15.1. The minimum atomic E-state index is -0.0366. The SMILES string of the molecule is O=C(NC1CCN(C(=O)CCCc2cn[nH]c2)CC1)c1ccccc1. The number of benzene rings is 1. The van der Waals surface area contributed by atoms with Gasteiger partial charge in [0.15, 0.2) is 0 Å². The first-order chi connectivity index (χ1) is 12.2. The van der Waals surface area contributed by atoms with E-state index < -0.39 is 0 Å². The molecule has 132 valence electrons. The number of carbonyl (C=O) groups is 2. The van der Waals surface area contributed by atoms with Gasteiger partial charge in [0, 0.05) is 37.3 Å². The minimum absolute atomic E-state index is 0.0366. The summed E-state index contributed by atoms with van der Waals surface area (Å²) in [7, 11) is 0. The zero-order chi connectivity index (χ0) is 17.5. The summed E-state index contributed by atoms with van der Waals surface area (Å²) in [5, 5.41) is 9.76. The van der Waals surface area contributed by atoms with Crippen LogP contribution in [0.2, 0.25) is 0 Å². The second-order valence-corrected chi connectivity index (χ2v) is 6.45. The summed E-state index contributed by atoms with van der Waals surface area (Å²) < 4.78 is 0. The number of H-pyrrole nitrogens is 1. The number of aryl methyl sites for hydroxylation is 1. The summed E-state index contributed by atoms with van der Waals surface area (Å²) in [6, 6.07) is 9.39. The number of amides is 2. The van der Waals surface area contributed by atoms with Crippen LogP contribution in [-0.2, 0) is 11.2 Å². The number of nitrogens with one attached hydrogen (secondary N) is 2. The molecule has 3 rings (SSSR count). The van der Waals surface area contributed by atoms with Gasteiger partial charge in [-0.3, -0.25) is 14.7 Å². The molecule has 0 saturated carbocycles. The van der Waals surface area contributed by atoms with E-state index in [1.54, 1.807) is 6.20 Å². The molecule has 1 aliphatic heterocycles. The van der Waals surface area contributed by atoms with E-state index in [9.17, 15) is 9.59 Å². The first kappa shape index (κ1) is 17.2. The van der Waals surface area contributed by atoms with Crippen LogP contribution in [0.3, 0.4) is 0 Å². The number of piperidine rings is 1. The lowest BCUT2D eigenvalue weighted by Crippen LogP contribution is -2.46. The number of likely N-dealkylation sites (tertiary alicyclic amines) is 1. The average Bonchev–Trinajstić information content (AvgIpc) is 3.16. The Hall–Kier alpha value is -2.63. The molecule has 0 bridgehead atoms. The molecular weight excluding hydrogens is 316 g/mol. The Kier molecular flexibility index (Phi) is 5.82. The molecular formula is C19H24N4O2. The summed E-state index contributed by atoms with van der Waals surface area (Å²) in [4.78, 5) is 26.4. The highest BCUT2D eigenvalue weighted by atomic mass is 16.2. The molecule has 2 heterocycles. The largest absolute Gasteiger partial charge is 0.349 e. The van der Waals surface area contributed by atoms with Crippen LogP contribution >= 0.6 is 0 Å². The quantitative estimate of drug-likeness (QED) is 0.846. The van der Waals surface area contributed by atoms with Crippen LogP contribution in [0.1, 0.15) is 41.6 Å². The Morgan fingerprint density at radius 2 is 1.96 bits per heavy atom. The fraction of sp³-hybridized carbons (Fsp3) is 0.421. The molecule has 6 nitrogen and oxygen atoms in total. The second kappa shape index (κ2) is 8.46. The van der Waals surface area contributed by atoms with Gasteiger partial charge in [-0.2, -0.15) is 5.10 Å². The van der Waals surface area contributed by atoms with E-state index in [1.807, 2.05) is 41.4 Å². The van der Waals surface area contributed by atoms with E-state index in [0.29, 0.717) is 25.1 Å². The molecule has 0 radical (unpaired) electrons. The molecule has 1 aromatic heterocycles. The van der Waals surface area contributed by atoms with Crippen molar-refractivity contribution in [3.05, 3.63) is 53.9 Å². The molecule has 25 heavy (non-hydrogen) atoms. The molecule has 1 aliphatic rings. The van der Waals surface area contributed by atoms with Gasteiger partial charge in [0.1, 0.15) is 0 Å². The van der Waals surface area contributed by atoms with Crippen LogP contribution in [0.25, 0.3) is 0 Å². The van der Waals surface area contributed by atoms with E-state index in [1.165, 1.54) is 0 Å². The van der Waals surface area contributed by atoms with Gasteiger partial charge >= 0.3 is 0 Å². The molecule has 0 spiro atoms. The monoisotopic (exact) mass is 340 g/mol. The van der Waals surface area contributed by atoms with Crippen LogP contribution in [0, 0.1) is 0 Å². The van der Waals surface area contributed by atoms with Gasteiger partial charge in [0.25, 0.3) is 5.91 Å². The maximum Gasteiger partial charge on any atom is 0.251 e. The third-order valence-electron chi connectivity index (χ3n) is 4.63. The Morgan fingerprint density at radius 1 is 1.20 bits per heavy atom. The van der Waals surface area contributed by atoms with E-state index in [0.717, 1.165) is 31.2 Å². The van der Waals surface area contributed by atoms with Crippen molar-refractivity contribution in [2.75, 3.05) is 13.1 Å². The van der Waals surface area contributed by atoms with Gasteiger partial charge in [-0.15, -0.1) is 0 Å². The molecule has 2 amide bonds. The third-order valence-corrected chi connectivity index (χ3v) is 4.63. The van der Waals surface area contributed by atoms with Gasteiger partial charge in [-0.1, -0.05) is 18.2 Å². The Bertz CT molecular complexity index is 677. The molecule has 0 atom stereocenters. The van der Waals surface area contributed by atoms with Crippen molar-refractivity contribution in [3.63, 3.8) is 0 Å². The van der Waals surface area contributed by atoms with E-state index in [2.05, 4.69) is 15.5 Å². The fourth-order valence-corrected chi connectivity index (χ4v) is 3.15. The van der Waals surface area contributed by atoms with Crippen LogP contribution in [0.4, 0.5) is 0 Å². The second-order valence-electron chi connectivity index (χ2n) is 6.45. The smallest absolute Gasteiger partial charge is 0.251 e. The number of hydrogen-bond donors (Lipinski definition) is 2. The predicted octanol–water partition coefficient (Wildman–Crippen LogP) is 2.15. The molecule has 1 saturated heterocycles. The summed E-state index contributed by atoms with van der Waals surface area (Å²) in [6.45, 7) is 1.43. The van der Waals surface area contributed by atoms with Crippen molar-refractivity contribution in [1.82, 2.24) is 20.4 Å². The summed E-state index contributed by atoms with van der Waals surface area (Å²) in [5.74, 6) is 0.168. The number of aromatic amines is 1. The van der Waals surface area contributed by atoms with Crippen LogP contribution in [0.15, 0.2) is 42.7 Å². The van der Waals surface area contributed by atoms with Crippen molar-refractivity contribution in [2.45, 2.75) is 38.1 Å². The lowest BCUT2D eigenvalue weighted by Gasteiger charge is -2.32. The Morgan fingerprint density at radius 3 is 2.64 bits per heavy atom. The number of rotatable bonds is 6. The zero-order valence-electron chi connectivity index (χ0n) is 14.3. The first-order valence-corrected chi connectivity index (χ1v) is 8.84. The highest BCUT2D eigenvalue weighted by Crippen LogP contribution is 2.14. The molecule has 1 fully saturated rings. The third kappa shape index (κ3) is 4.92. The van der Waals surface area contributed by atoms with Crippen LogP contribution in [-0.4, -0.2) is 46.0 Å². The maximum absolute atomic E-state index is 12.3. The first-order valence-electron chi connectivity index (χ1n) is 8.84. The van der Waals surface area contributed by atoms with Crippen LogP contribution < -0.4 is 5.32 Å². The fourth-order valence-electron chi connectivity index (χ4n) is 3.15. The Balaban J connectivity index is 1.37. The van der Waals surface area contributed by atoms with Gasteiger partial charge < -0.3 is 10.2 Å². The molecule has 2 aromatic rings. The average molecular weight is 340 g/mol. The highest BCUT2D eigenvalue weighted by molar-refractivity contribution is 5.94. The van der Waals surface area contributed by atoms with Gasteiger partial charge in [0.2, 0.25) is 5.91 Å². The van der Waals surface area contributed by atoms with Crippen molar-refractivity contribution in [2.24, 2.45) is 0 Å². The van der Waals surface area contributed by atoms with Crippen LogP contribution in [0.5, 0.6) is 0 Å². The standard InChI is InChI=1S/C19H24N4O2/c24-18(8-4-5-15-13-20-21-14-15)23-11-9-17(10-12-23)22-19(25)16-6-2-1-3-7-16/h1-3,6-7,13-14,17H,4-5,8-12H2,(H,20,21)(H,22,25). The molecule has 0 aliphatic carbocycles. The topological polar surface area (TPSA) is 78.1 Å².